The van der Waals surface area contributed by atoms with Gasteiger partial charge in [-0.2, -0.15) is 9.97 Å². The lowest BCUT2D eigenvalue weighted by atomic mass is 10.1. The molecule has 0 radical (unpaired) electrons. The first-order chi connectivity index (χ1) is 16.2. The molecule has 6 aromatic rings. The van der Waals surface area contributed by atoms with Gasteiger partial charge >= 0.3 is 0 Å². The van der Waals surface area contributed by atoms with E-state index in [-0.39, 0.29) is 0 Å². The first-order valence-electron chi connectivity index (χ1n) is 10.3. The molecule has 0 saturated heterocycles. The molecular weight excluding hydrogens is 420 g/mol. The van der Waals surface area contributed by atoms with Gasteiger partial charge in [-0.3, -0.25) is 9.55 Å². The monoisotopic (exact) mass is 435 g/mol. The average Bonchev–Trinajstić information content (AvgIpc) is 3.17. The number of fused-ring (bicyclic) bond motifs is 3. The number of nitrogens with zero attached hydrogens (tertiary/aromatic N) is 5. The number of benzene rings is 3. The van der Waals surface area contributed by atoms with Gasteiger partial charge in [0, 0.05) is 22.5 Å². The summed E-state index contributed by atoms with van der Waals surface area (Å²) in [5.41, 5.74) is 2.73. The molecule has 0 saturated carbocycles. The van der Waals surface area contributed by atoms with Crippen molar-refractivity contribution >= 4 is 21.8 Å². The molecular formula is C26H15F2N5. The van der Waals surface area contributed by atoms with Crippen molar-refractivity contribution in [3.05, 3.63) is 103 Å². The molecule has 0 unspecified atom stereocenters. The standard InChI is InChI=1S/C26H15F2N5/c27-17-9-11-22-19(14-17)20-15-18(28)10-12-23(20)33(22)26-31-24(16-6-2-1-3-7-16)30-25(32-26)21-8-4-5-13-29-21/h1-15H. The van der Waals surface area contributed by atoms with Crippen LogP contribution in [0.15, 0.2) is 91.1 Å². The number of aromatic nitrogens is 5. The maximum Gasteiger partial charge on any atom is 0.238 e. The van der Waals surface area contributed by atoms with E-state index in [9.17, 15) is 8.78 Å². The number of hydrogen-bond donors (Lipinski definition) is 0. The van der Waals surface area contributed by atoms with Crippen LogP contribution < -0.4 is 0 Å². The topological polar surface area (TPSA) is 56.5 Å². The van der Waals surface area contributed by atoms with Gasteiger partial charge in [-0.15, -0.1) is 0 Å². The summed E-state index contributed by atoms with van der Waals surface area (Å²) >= 11 is 0. The van der Waals surface area contributed by atoms with Crippen molar-refractivity contribution in [2.24, 2.45) is 0 Å². The van der Waals surface area contributed by atoms with Crippen molar-refractivity contribution in [2.75, 3.05) is 0 Å². The van der Waals surface area contributed by atoms with Crippen LogP contribution in [0.2, 0.25) is 0 Å². The quantitative estimate of drug-likeness (QED) is 0.343. The van der Waals surface area contributed by atoms with E-state index in [0.717, 1.165) is 5.56 Å². The Labute approximate surface area is 187 Å². The van der Waals surface area contributed by atoms with Gasteiger partial charge in [0.25, 0.3) is 0 Å². The minimum atomic E-state index is -0.402. The van der Waals surface area contributed by atoms with Crippen LogP contribution in [0.25, 0.3) is 50.7 Å². The largest absolute Gasteiger partial charge is 0.278 e. The molecule has 0 N–H and O–H groups in total. The van der Waals surface area contributed by atoms with E-state index < -0.39 is 11.6 Å². The fourth-order valence-electron chi connectivity index (χ4n) is 3.97. The summed E-state index contributed by atoms with van der Waals surface area (Å²) in [7, 11) is 0. The fraction of sp³-hybridized carbons (Fsp3) is 0. The summed E-state index contributed by atoms with van der Waals surface area (Å²) in [6.07, 6.45) is 1.67. The third-order valence-corrected chi connectivity index (χ3v) is 5.44. The van der Waals surface area contributed by atoms with Crippen molar-refractivity contribution in [1.82, 2.24) is 24.5 Å². The minimum absolute atomic E-state index is 0.336. The summed E-state index contributed by atoms with van der Waals surface area (Å²) in [6.45, 7) is 0. The summed E-state index contributed by atoms with van der Waals surface area (Å²) in [4.78, 5) is 18.5. The van der Waals surface area contributed by atoms with Crippen LogP contribution in [0.3, 0.4) is 0 Å². The van der Waals surface area contributed by atoms with E-state index in [4.69, 9.17) is 9.97 Å². The van der Waals surface area contributed by atoms with Gasteiger partial charge in [0.2, 0.25) is 5.95 Å². The molecule has 5 nitrogen and oxygen atoms in total. The van der Waals surface area contributed by atoms with Crippen LogP contribution in [-0.4, -0.2) is 24.5 Å². The zero-order valence-corrected chi connectivity index (χ0v) is 17.2. The Morgan fingerprint density at radius 2 is 1.24 bits per heavy atom. The molecule has 158 valence electrons. The maximum absolute atomic E-state index is 14.1. The average molecular weight is 435 g/mol. The van der Waals surface area contributed by atoms with Gasteiger partial charge < -0.3 is 0 Å². The molecule has 0 spiro atoms. The maximum atomic E-state index is 14.1. The summed E-state index contributed by atoms with van der Waals surface area (Å²) in [5, 5.41) is 1.15. The molecule has 6 rings (SSSR count). The molecule has 0 atom stereocenters. The lowest BCUT2D eigenvalue weighted by Crippen LogP contribution is -2.06. The molecule has 0 bridgehead atoms. The SMILES string of the molecule is Fc1ccc2c(c1)c1cc(F)ccc1n2-c1nc(-c2ccccc2)nc(-c2ccccn2)n1. The van der Waals surface area contributed by atoms with Crippen LogP contribution >= 0.6 is 0 Å². The Bertz CT molecular complexity index is 1510. The van der Waals surface area contributed by atoms with Crippen LogP contribution in [-0.2, 0) is 0 Å². The van der Waals surface area contributed by atoms with Crippen LogP contribution in [0.5, 0.6) is 0 Å². The lowest BCUT2D eigenvalue weighted by molar-refractivity contribution is 0.628. The molecule has 0 aliphatic heterocycles. The first-order valence-corrected chi connectivity index (χ1v) is 10.3. The zero-order valence-electron chi connectivity index (χ0n) is 17.2. The molecule has 33 heavy (non-hydrogen) atoms. The van der Waals surface area contributed by atoms with Gasteiger partial charge in [-0.25, -0.2) is 13.8 Å². The van der Waals surface area contributed by atoms with E-state index in [0.29, 0.717) is 45.1 Å². The molecule has 3 heterocycles. The van der Waals surface area contributed by atoms with Gasteiger partial charge in [-0.05, 0) is 48.5 Å². The summed E-state index contributed by atoms with van der Waals surface area (Å²) in [6, 6.07) is 23.9. The number of pyridine rings is 1. The van der Waals surface area contributed by atoms with Gasteiger partial charge in [0.15, 0.2) is 11.6 Å². The second-order valence-corrected chi connectivity index (χ2v) is 7.52. The molecule has 0 aliphatic carbocycles. The zero-order chi connectivity index (χ0) is 22.4. The molecule has 3 aromatic carbocycles. The van der Waals surface area contributed by atoms with E-state index in [2.05, 4.69) is 9.97 Å². The van der Waals surface area contributed by atoms with E-state index in [1.807, 2.05) is 48.5 Å². The van der Waals surface area contributed by atoms with Crippen LogP contribution in [0, 0.1) is 11.6 Å². The fourth-order valence-corrected chi connectivity index (χ4v) is 3.97. The summed E-state index contributed by atoms with van der Waals surface area (Å²) in [5.74, 6) is 0.406. The van der Waals surface area contributed by atoms with Crippen molar-refractivity contribution in [3.63, 3.8) is 0 Å². The predicted octanol–water partition coefficient (Wildman–Crippen LogP) is 5.98. The highest BCUT2D eigenvalue weighted by atomic mass is 19.1. The predicted molar refractivity (Wildman–Crippen MR) is 123 cm³/mol. The number of halogens is 2. The van der Waals surface area contributed by atoms with Crippen molar-refractivity contribution < 1.29 is 8.78 Å². The van der Waals surface area contributed by atoms with Gasteiger partial charge in [-0.1, -0.05) is 36.4 Å². The molecule has 0 fully saturated rings. The highest BCUT2D eigenvalue weighted by molar-refractivity contribution is 6.09. The Morgan fingerprint density at radius 3 is 1.88 bits per heavy atom. The highest BCUT2D eigenvalue weighted by Gasteiger charge is 2.18. The minimum Gasteiger partial charge on any atom is -0.278 e. The second-order valence-electron chi connectivity index (χ2n) is 7.52. The highest BCUT2D eigenvalue weighted by Crippen LogP contribution is 2.33. The third-order valence-electron chi connectivity index (χ3n) is 5.44. The smallest absolute Gasteiger partial charge is 0.238 e. The number of rotatable bonds is 3. The Morgan fingerprint density at radius 1 is 0.606 bits per heavy atom. The number of hydrogen-bond acceptors (Lipinski definition) is 4. The summed E-state index contributed by atoms with van der Waals surface area (Å²) < 4.78 is 30.0. The Balaban J connectivity index is 1.70. The molecule has 3 aromatic heterocycles. The van der Waals surface area contributed by atoms with Gasteiger partial charge in [0.05, 0.1) is 11.0 Å². The van der Waals surface area contributed by atoms with Crippen molar-refractivity contribution in [1.29, 1.82) is 0 Å². The third kappa shape index (κ3) is 3.30. The van der Waals surface area contributed by atoms with E-state index in [1.165, 1.54) is 24.3 Å². The van der Waals surface area contributed by atoms with E-state index >= 15 is 0 Å². The van der Waals surface area contributed by atoms with Gasteiger partial charge in [0.1, 0.15) is 17.3 Å². The van der Waals surface area contributed by atoms with E-state index in [1.54, 1.807) is 22.9 Å². The Hall–Kier alpha value is -4.52. The lowest BCUT2D eigenvalue weighted by Gasteiger charge is -2.10. The normalized spacial score (nSPS) is 11.3. The van der Waals surface area contributed by atoms with Crippen LogP contribution in [0.4, 0.5) is 8.78 Å². The Kier molecular flexibility index (Phi) is 4.40. The second kappa shape index (κ2) is 7.56. The van der Waals surface area contributed by atoms with Crippen LogP contribution in [0.1, 0.15) is 0 Å². The van der Waals surface area contributed by atoms with Crippen molar-refractivity contribution in [3.8, 4) is 28.9 Å². The molecule has 7 heteroatoms. The molecule has 0 aliphatic rings. The van der Waals surface area contributed by atoms with Crippen molar-refractivity contribution in [2.45, 2.75) is 0 Å². The first kappa shape index (κ1) is 19.2. The molecule has 0 amide bonds.